The summed E-state index contributed by atoms with van der Waals surface area (Å²) in [4.78, 5) is 8.68. The van der Waals surface area contributed by atoms with Crippen LogP contribution in [0.15, 0.2) is 48.1 Å². The molecule has 3 N–H and O–H groups in total. The first kappa shape index (κ1) is 15.3. The molecule has 3 aromatic rings. The van der Waals surface area contributed by atoms with Crippen molar-refractivity contribution in [2.75, 3.05) is 11.1 Å². The standard InChI is InChI=1S/C15H14N4S.ClH/c1-10-4-5-12(16)7-13(10)18-15-19-14(9-20-15)11-3-2-6-17-8-11;/h2-9H,16H2,1H3,(H,18,19);1H. The Balaban J connectivity index is 0.00000161. The molecule has 0 saturated carbocycles. The number of nitrogens with two attached hydrogens (primary N) is 1. The van der Waals surface area contributed by atoms with E-state index in [0.717, 1.165) is 33.3 Å². The summed E-state index contributed by atoms with van der Waals surface area (Å²) in [5, 5.41) is 6.17. The number of halogens is 1. The Morgan fingerprint density at radius 2 is 2.10 bits per heavy atom. The number of nitrogens with one attached hydrogen (secondary N) is 1. The molecule has 2 heterocycles. The summed E-state index contributed by atoms with van der Waals surface area (Å²) in [5.74, 6) is 0. The smallest absolute Gasteiger partial charge is 0.187 e. The number of pyridine rings is 1. The topological polar surface area (TPSA) is 63.8 Å². The maximum atomic E-state index is 5.81. The van der Waals surface area contributed by atoms with Crippen molar-refractivity contribution in [3.05, 3.63) is 53.7 Å². The summed E-state index contributed by atoms with van der Waals surface area (Å²) in [6.07, 6.45) is 3.57. The highest BCUT2D eigenvalue weighted by molar-refractivity contribution is 7.14. The van der Waals surface area contributed by atoms with Crippen molar-refractivity contribution >= 4 is 40.3 Å². The lowest BCUT2D eigenvalue weighted by molar-refractivity contribution is 1.30. The molecule has 6 heteroatoms. The van der Waals surface area contributed by atoms with Gasteiger partial charge in [0, 0.05) is 34.7 Å². The van der Waals surface area contributed by atoms with Gasteiger partial charge in [0.1, 0.15) is 0 Å². The van der Waals surface area contributed by atoms with Gasteiger partial charge in [-0.1, -0.05) is 6.07 Å². The maximum Gasteiger partial charge on any atom is 0.187 e. The molecule has 0 amide bonds. The van der Waals surface area contributed by atoms with Crippen molar-refractivity contribution in [1.82, 2.24) is 9.97 Å². The number of anilines is 3. The Bertz CT molecular complexity index is 728. The Morgan fingerprint density at radius 1 is 1.24 bits per heavy atom. The summed E-state index contributed by atoms with van der Waals surface area (Å²) >= 11 is 1.56. The fraction of sp³-hybridized carbons (Fsp3) is 0.0667. The summed E-state index contributed by atoms with van der Waals surface area (Å²) < 4.78 is 0. The van der Waals surface area contributed by atoms with E-state index >= 15 is 0 Å². The second kappa shape index (κ2) is 6.56. The van der Waals surface area contributed by atoms with Gasteiger partial charge in [-0.05, 0) is 36.8 Å². The van der Waals surface area contributed by atoms with Crippen molar-refractivity contribution in [2.24, 2.45) is 0 Å². The first-order chi connectivity index (χ1) is 9.72. The zero-order valence-corrected chi connectivity index (χ0v) is 13.0. The van der Waals surface area contributed by atoms with Crippen LogP contribution < -0.4 is 11.1 Å². The zero-order valence-electron chi connectivity index (χ0n) is 11.4. The predicted octanol–water partition coefficient (Wildman–Crippen LogP) is 4.26. The normalized spacial score (nSPS) is 9.95. The molecule has 2 aromatic heterocycles. The lowest BCUT2D eigenvalue weighted by Gasteiger charge is -2.07. The summed E-state index contributed by atoms with van der Waals surface area (Å²) in [7, 11) is 0. The van der Waals surface area contributed by atoms with Gasteiger partial charge in [0.05, 0.1) is 5.69 Å². The Hall–Kier alpha value is -2.11. The number of rotatable bonds is 3. The van der Waals surface area contributed by atoms with Crippen LogP contribution >= 0.6 is 23.7 Å². The third kappa shape index (κ3) is 3.51. The van der Waals surface area contributed by atoms with E-state index in [0.29, 0.717) is 0 Å². The molecule has 0 atom stereocenters. The number of hydrogen-bond acceptors (Lipinski definition) is 5. The zero-order chi connectivity index (χ0) is 13.9. The first-order valence-electron chi connectivity index (χ1n) is 6.21. The van der Waals surface area contributed by atoms with Crippen LogP contribution in [-0.4, -0.2) is 9.97 Å². The molecule has 0 aliphatic heterocycles. The molecule has 4 nitrogen and oxygen atoms in total. The highest BCUT2D eigenvalue weighted by Crippen LogP contribution is 2.28. The fourth-order valence-corrected chi connectivity index (χ4v) is 2.60. The van der Waals surface area contributed by atoms with E-state index in [2.05, 4.69) is 15.3 Å². The molecule has 0 spiro atoms. The molecular formula is C15H15ClN4S. The van der Waals surface area contributed by atoms with Gasteiger partial charge in [0.15, 0.2) is 5.13 Å². The fourth-order valence-electron chi connectivity index (χ4n) is 1.87. The van der Waals surface area contributed by atoms with Crippen molar-refractivity contribution < 1.29 is 0 Å². The van der Waals surface area contributed by atoms with E-state index in [-0.39, 0.29) is 12.4 Å². The van der Waals surface area contributed by atoms with Gasteiger partial charge in [0.25, 0.3) is 0 Å². The van der Waals surface area contributed by atoms with E-state index in [1.165, 1.54) is 0 Å². The number of thiazole rings is 1. The molecule has 0 unspecified atom stereocenters. The minimum absolute atomic E-state index is 0. The van der Waals surface area contributed by atoms with E-state index < -0.39 is 0 Å². The minimum atomic E-state index is 0. The third-order valence-corrected chi connectivity index (χ3v) is 3.72. The number of aromatic nitrogens is 2. The quantitative estimate of drug-likeness (QED) is 0.708. The summed E-state index contributed by atoms with van der Waals surface area (Å²) in [5.41, 5.74) is 10.6. The predicted molar refractivity (Wildman–Crippen MR) is 91.5 cm³/mol. The van der Waals surface area contributed by atoms with Crippen molar-refractivity contribution in [2.45, 2.75) is 6.92 Å². The molecule has 21 heavy (non-hydrogen) atoms. The van der Waals surface area contributed by atoms with Gasteiger partial charge in [0.2, 0.25) is 0 Å². The highest BCUT2D eigenvalue weighted by atomic mass is 35.5. The molecular weight excluding hydrogens is 304 g/mol. The van der Waals surface area contributed by atoms with Crippen LogP contribution in [0, 0.1) is 6.92 Å². The largest absolute Gasteiger partial charge is 0.399 e. The van der Waals surface area contributed by atoms with Crippen LogP contribution in [0.4, 0.5) is 16.5 Å². The highest BCUT2D eigenvalue weighted by Gasteiger charge is 2.06. The number of benzene rings is 1. The second-order valence-corrected chi connectivity index (χ2v) is 5.34. The molecule has 108 valence electrons. The van der Waals surface area contributed by atoms with Gasteiger partial charge in [-0.3, -0.25) is 4.98 Å². The van der Waals surface area contributed by atoms with E-state index in [4.69, 9.17) is 5.73 Å². The molecule has 0 bridgehead atoms. The van der Waals surface area contributed by atoms with E-state index in [1.807, 2.05) is 48.8 Å². The number of hydrogen-bond donors (Lipinski definition) is 2. The monoisotopic (exact) mass is 318 g/mol. The van der Waals surface area contributed by atoms with Crippen LogP contribution in [0.3, 0.4) is 0 Å². The third-order valence-electron chi connectivity index (χ3n) is 2.96. The van der Waals surface area contributed by atoms with Crippen molar-refractivity contribution in [1.29, 1.82) is 0 Å². The average molecular weight is 319 g/mol. The maximum absolute atomic E-state index is 5.81. The van der Waals surface area contributed by atoms with Crippen LogP contribution in [0.25, 0.3) is 11.3 Å². The van der Waals surface area contributed by atoms with Crippen molar-refractivity contribution in [3.63, 3.8) is 0 Å². The van der Waals surface area contributed by atoms with E-state index in [9.17, 15) is 0 Å². The number of nitrogen functional groups attached to an aromatic ring is 1. The molecule has 0 saturated heterocycles. The van der Waals surface area contributed by atoms with Gasteiger partial charge in [-0.25, -0.2) is 4.98 Å². The molecule has 1 aromatic carbocycles. The molecule has 0 radical (unpaired) electrons. The van der Waals surface area contributed by atoms with Crippen molar-refractivity contribution in [3.8, 4) is 11.3 Å². The van der Waals surface area contributed by atoms with Gasteiger partial charge >= 0.3 is 0 Å². The van der Waals surface area contributed by atoms with Crippen LogP contribution in [0.1, 0.15) is 5.56 Å². The van der Waals surface area contributed by atoms with Crippen LogP contribution in [0.2, 0.25) is 0 Å². The van der Waals surface area contributed by atoms with Gasteiger partial charge in [-0.15, -0.1) is 23.7 Å². The van der Waals surface area contributed by atoms with E-state index in [1.54, 1.807) is 17.5 Å². The Morgan fingerprint density at radius 3 is 2.86 bits per heavy atom. The molecule has 3 rings (SSSR count). The van der Waals surface area contributed by atoms with Crippen LogP contribution in [0.5, 0.6) is 0 Å². The minimum Gasteiger partial charge on any atom is -0.399 e. The second-order valence-electron chi connectivity index (χ2n) is 4.48. The number of nitrogens with zero attached hydrogens (tertiary/aromatic N) is 2. The average Bonchev–Trinajstić information content (AvgIpc) is 2.92. The molecule has 0 aliphatic carbocycles. The lowest BCUT2D eigenvalue weighted by Crippen LogP contribution is -1.94. The molecule has 0 fully saturated rings. The summed E-state index contributed by atoms with van der Waals surface area (Å²) in [6.45, 7) is 2.04. The number of aryl methyl sites for hydroxylation is 1. The van der Waals surface area contributed by atoms with Gasteiger partial charge < -0.3 is 11.1 Å². The lowest BCUT2D eigenvalue weighted by atomic mass is 10.2. The van der Waals surface area contributed by atoms with Gasteiger partial charge in [-0.2, -0.15) is 0 Å². The first-order valence-corrected chi connectivity index (χ1v) is 7.09. The Kier molecular flexibility index (Phi) is 4.77. The summed E-state index contributed by atoms with van der Waals surface area (Å²) in [6, 6.07) is 9.71. The van der Waals surface area contributed by atoms with Crippen LogP contribution in [-0.2, 0) is 0 Å². The SMILES string of the molecule is Cc1ccc(N)cc1Nc1nc(-c2cccnc2)cs1.Cl. The molecule has 0 aliphatic rings. The Labute approximate surface area is 133 Å².